The summed E-state index contributed by atoms with van der Waals surface area (Å²) in [5.41, 5.74) is 4.03. The summed E-state index contributed by atoms with van der Waals surface area (Å²) in [6.07, 6.45) is 4.59. The average Bonchev–Trinajstić information content (AvgIpc) is 3.11. The van der Waals surface area contributed by atoms with Gasteiger partial charge in [-0.15, -0.1) is 5.48 Å². The fourth-order valence-corrected chi connectivity index (χ4v) is 2.81. The van der Waals surface area contributed by atoms with Gasteiger partial charge in [0.1, 0.15) is 0 Å². The SMILES string of the molecule is Clc1ccc([C@@H]2N=C(CCCN3CCCC3)ON2)cc1. The molecule has 2 aliphatic heterocycles. The van der Waals surface area contributed by atoms with Crippen molar-refractivity contribution in [2.24, 2.45) is 4.99 Å². The molecule has 0 unspecified atom stereocenters. The number of nitrogens with zero attached hydrogens (tertiary/aromatic N) is 2. The zero-order valence-corrected chi connectivity index (χ0v) is 12.3. The Morgan fingerprint density at radius 1 is 1.25 bits per heavy atom. The second-order valence-corrected chi connectivity index (χ2v) is 5.79. The van der Waals surface area contributed by atoms with E-state index in [4.69, 9.17) is 16.4 Å². The molecule has 0 spiro atoms. The van der Waals surface area contributed by atoms with Crippen molar-refractivity contribution in [1.82, 2.24) is 10.4 Å². The van der Waals surface area contributed by atoms with Gasteiger partial charge in [0.2, 0.25) is 5.90 Å². The first-order valence-electron chi connectivity index (χ1n) is 7.28. The normalized spacial score (nSPS) is 22.9. The van der Waals surface area contributed by atoms with E-state index in [1.165, 1.54) is 25.9 Å². The van der Waals surface area contributed by atoms with Crippen LogP contribution in [0.4, 0.5) is 0 Å². The highest BCUT2D eigenvalue weighted by atomic mass is 35.5. The van der Waals surface area contributed by atoms with Crippen molar-refractivity contribution in [2.45, 2.75) is 31.8 Å². The number of hydrogen-bond donors (Lipinski definition) is 1. The highest BCUT2D eigenvalue weighted by molar-refractivity contribution is 6.30. The summed E-state index contributed by atoms with van der Waals surface area (Å²) in [6, 6.07) is 7.69. The number of likely N-dealkylation sites (tertiary alicyclic amines) is 1. The summed E-state index contributed by atoms with van der Waals surface area (Å²) in [5, 5.41) is 0.738. The Morgan fingerprint density at radius 2 is 2.00 bits per heavy atom. The molecule has 2 aliphatic rings. The third-order valence-corrected chi connectivity index (χ3v) is 4.06. The van der Waals surface area contributed by atoms with Gasteiger partial charge in [-0.25, -0.2) is 4.99 Å². The lowest BCUT2D eigenvalue weighted by Gasteiger charge is -2.13. The van der Waals surface area contributed by atoms with Gasteiger partial charge in [0.25, 0.3) is 0 Å². The van der Waals surface area contributed by atoms with E-state index in [1.54, 1.807) is 0 Å². The lowest BCUT2D eigenvalue weighted by atomic mass is 10.2. The predicted octanol–water partition coefficient (Wildman–Crippen LogP) is 3.15. The fraction of sp³-hybridized carbons (Fsp3) is 0.533. The van der Waals surface area contributed by atoms with Gasteiger partial charge in [0.15, 0.2) is 6.17 Å². The Kier molecular flexibility index (Phi) is 4.55. The highest BCUT2D eigenvalue weighted by Gasteiger charge is 2.20. The predicted molar refractivity (Wildman–Crippen MR) is 80.8 cm³/mol. The minimum absolute atomic E-state index is 0.103. The number of nitrogens with one attached hydrogen (secondary N) is 1. The molecule has 1 N–H and O–H groups in total. The summed E-state index contributed by atoms with van der Waals surface area (Å²) in [4.78, 5) is 12.6. The molecular formula is C15H20ClN3O. The van der Waals surface area contributed by atoms with Gasteiger partial charge in [-0.05, 0) is 56.6 Å². The standard InChI is InChI=1S/C15H20ClN3O/c16-13-7-5-12(6-8-13)15-17-14(20-18-15)4-3-11-19-9-1-2-10-19/h5-8,15,18H,1-4,9-11H2/t15-/m1/s1. The molecule has 1 atom stereocenters. The molecule has 3 rings (SSSR count). The molecule has 5 heteroatoms. The molecule has 20 heavy (non-hydrogen) atoms. The van der Waals surface area contributed by atoms with E-state index in [0.29, 0.717) is 0 Å². The van der Waals surface area contributed by atoms with Crippen molar-refractivity contribution in [3.05, 3.63) is 34.9 Å². The van der Waals surface area contributed by atoms with Gasteiger partial charge in [0, 0.05) is 11.4 Å². The average molecular weight is 294 g/mol. The van der Waals surface area contributed by atoms with Crippen LogP contribution in [-0.4, -0.2) is 30.4 Å². The molecule has 108 valence electrons. The van der Waals surface area contributed by atoms with Crippen LogP contribution in [0, 0.1) is 0 Å². The van der Waals surface area contributed by atoms with Crippen LogP contribution >= 0.6 is 11.6 Å². The van der Waals surface area contributed by atoms with Crippen molar-refractivity contribution in [2.75, 3.05) is 19.6 Å². The van der Waals surface area contributed by atoms with Crippen molar-refractivity contribution >= 4 is 17.5 Å². The molecule has 4 nitrogen and oxygen atoms in total. The van der Waals surface area contributed by atoms with Crippen LogP contribution in [0.3, 0.4) is 0 Å². The molecule has 1 aromatic carbocycles. The molecular weight excluding hydrogens is 274 g/mol. The van der Waals surface area contributed by atoms with E-state index in [9.17, 15) is 0 Å². The van der Waals surface area contributed by atoms with Crippen LogP contribution in [0.15, 0.2) is 29.3 Å². The number of rotatable bonds is 5. The van der Waals surface area contributed by atoms with Gasteiger partial charge >= 0.3 is 0 Å². The lowest BCUT2D eigenvalue weighted by Crippen LogP contribution is -2.21. The molecule has 0 aromatic heterocycles. The molecule has 0 saturated carbocycles. The topological polar surface area (TPSA) is 36.9 Å². The smallest absolute Gasteiger partial charge is 0.211 e. The van der Waals surface area contributed by atoms with Gasteiger partial charge in [-0.3, -0.25) is 0 Å². The minimum atomic E-state index is -0.103. The third kappa shape index (κ3) is 3.51. The lowest BCUT2D eigenvalue weighted by molar-refractivity contribution is 0.174. The summed E-state index contributed by atoms with van der Waals surface area (Å²) in [7, 11) is 0. The monoisotopic (exact) mass is 293 g/mol. The highest BCUT2D eigenvalue weighted by Crippen LogP contribution is 2.22. The van der Waals surface area contributed by atoms with E-state index in [0.717, 1.165) is 35.9 Å². The number of hydroxylamine groups is 1. The fourth-order valence-electron chi connectivity index (χ4n) is 2.68. The first-order chi connectivity index (χ1) is 9.81. The quantitative estimate of drug-likeness (QED) is 0.906. The van der Waals surface area contributed by atoms with Crippen LogP contribution in [0.2, 0.25) is 5.02 Å². The number of halogens is 1. The second-order valence-electron chi connectivity index (χ2n) is 5.35. The molecule has 0 aliphatic carbocycles. The second kappa shape index (κ2) is 6.57. The maximum Gasteiger partial charge on any atom is 0.211 e. The van der Waals surface area contributed by atoms with E-state index < -0.39 is 0 Å². The van der Waals surface area contributed by atoms with Crippen molar-refractivity contribution in [3.63, 3.8) is 0 Å². The van der Waals surface area contributed by atoms with E-state index in [1.807, 2.05) is 24.3 Å². The first-order valence-corrected chi connectivity index (χ1v) is 7.66. The molecule has 1 aromatic rings. The molecule has 1 fully saturated rings. The van der Waals surface area contributed by atoms with Crippen LogP contribution in [0.25, 0.3) is 0 Å². The zero-order valence-electron chi connectivity index (χ0n) is 11.5. The Balaban J connectivity index is 1.48. The van der Waals surface area contributed by atoms with E-state index >= 15 is 0 Å². The maximum atomic E-state index is 5.89. The van der Waals surface area contributed by atoms with Crippen molar-refractivity contribution < 1.29 is 4.84 Å². The van der Waals surface area contributed by atoms with Gasteiger partial charge in [0.05, 0.1) is 0 Å². The van der Waals surface area contributed by atoms with Crippen molar-refractivity contribution in [3.8, 4) is 0 Å². The molecule has 2 heterocycles. The third-order valence-electron chi connectivity index (χ3n) is 3.81. The maximum absolute atomic E-state index is 5.89. The van der Waals surface area contributed by atoms with Crippen LogP contribution in [0.5, 0.6) is 0 Å². The van der Waals surface area contributed by atoms with E-state index in [2.05, 4.69) is 15.4 Å². The Morgan fingerprint density at radius 3 is 2.75 bits per heavy atom. The van der Waals surface area contributed by atoms with Gasteiger partial charge in [-0.2, -0.15) is 0 Å². The summed E-state index contributed by atoms with van der Waals surface area (Å²) in [6.45, 7) is 3.64. The van der Waals surface area contributed by atoms with Crippen LogP contribution < -0.4 is 5.48 Å². The van der Waals surface area contributed by atoms with Crippen molar-refractivity contribution in [1.29, 1.82) is 0 Å². The van der Waals surface area contributed by atoms with E-state index in [-0.39, 0.29) is 6.17 Å². The number of hydrogen-bond acceptors (Lipinski definition) is 4. The van der Waals surface area contributed by atoms with Crippen LogP contribution in [0.1, 0.15) is 37.4 Å². The Bertz CT molecular complexity index is 469. The Hall–Kier alpha value is -1.10. The first kappa shape index (κ1) is 13.9. The van der Waals surface area contributed by atoms with Gasteiger partial charge < -0.3 is 9.74 Å². The molecule has 0 bridgehead atoms. The Labute approximate surface area is 124 Å². The van der Waals surface area contributed by atoms with Gasteiger partial charge in [-0.1, -0.05) is 23.7 Å². The summed E-state index contributed by atoms with van der Waals surface area (Å²) >= 11 is 5.89. The molecule has 0 amide bonds. The largest absolute Gasteiger partial charge is 0.391 e. The minimum Gasteiger partial charge on any atom is -0.391 e. The van der Waals surface area contributed by atoms with Crippen LogP contribution in [-0.2, 0) is 4.84 Å². The number of aliphatic imine (C=N–C) groups is 1. The summed E-state index contributed by atoms with van der Waals surface area (Å²) in [5.74, 6) is 0.809. The molecule has 0 radical (unpaired) electrons. The number of benzene rings is 1. The molecule has 1 saturated heterocycles. The summed E-state index contributed by atoms with van der Waals surface area (Å²) < 4.78 is 0. The zero-order chi connectivity index (χ0) is 13.8.